The van der Waals surface area contributed by atoms with Gasteiger partial charge in [0.1, 0.15) is 5.76 Å². The number of ketones is 1. The van der Waals surface area contributed by atoms with E-state index in [1.807, 2.05) is 60.0 Å². The highest BCUT2D eigenvalue weighted by atomic mass is 32.2. The standard InChI is InChI=1S/C23H19N5O2S/c1-15(21(29)19-13-25-20-9-3-2-8-18(19)20)31-23-27-26-22(16-6-4-10-24-12-16)28(23)14-17-7-5-11-30-17/h2-13,15,25H,14H2,1H3. The molecule has 154 valence electrons. The molecule has 8 heteroatoms. The fraction of sp³-hybridized carbons (Fsp3) is 0.130. The van der Waals surface area contributed by atoms with Crippen LogP contribution in [0.25, 0.3) is 22.3 Å². The van der Waals surface area contributed by atoms with Crippen LogP contribution in [-0.2, 0) is 6.54 Å². The molecule has 1 unspecified atom stereocenters. The maximum atomic E-state index is 13.2. The monoisotopic (exact) mass is 429 g/mol. The minimum atomic E-state index is -0.347. The Hall–Kier alpha value is -3.65. The number of thioether (sulfide) groups is 1. The van der Waals surface area contributed by atoms with Crippen molar-refractivity contribution in [3.63, 3.8) is 0 Å². The number of aromatic amines is 1. The van der Waals surface area contributed by atoms with Gasteiger partial charge < -0.3 is 9.40 Å². The summed E-state index contributed by atoms with van der Waals surface area (Å²) in [5.74, 6) is 1.50. The molecule has 1 aromatic carbocycles. The highest BCUT2D eigenvalue weighted by Gasteiger charge is 2.24. The number of H-pyrrole nitrogens is 1. The highest BCUT2D eigenvalue weighted by Crippen LogP contribution is 2.30. The third-order valence-corrected chi connectivity index (χ3v) is 6.12. The molecule has 5 rings (SSSR count). The van der Waals surface area contributed by atoms with Crippen molar-refractivity contribution in [3.05, 3.63) is 84.7 Å². The Morgan fingerprint density at radius 2 is 2.06 bits per heavy atom. The Morgan fingerprint density at radius 3 is 2.87 bits per heavy atom. The van der Waals surface area contributed by atoms with Gasteiger partial charge in [0.05, 0.1) is 18.1 Å². The first kappa shape index (κ1) is 19.3. The van der Waals surface area contributed by atoms with Gasteiger partial charge in [-0.2, -0.15) is 0 Å². The summed E-state index contributed by atoms with van der Waals surface area (Å²) in [5.41, 5.74) is 2.48. The Labute approximate surface area is 182 Å². The van der Waals surface area contributed by atoms with E-state index in [-0.39, 0.29) is 11.0 Å². The van der Waals surface area contributed by atoms with Crippen molar-refractivity contribution in [1.29, 1.82) is 0 Å². The number of para-hydroxylation sites is 1. The number of carbonyl (C=O) groups is 1. The summed E-state index contributed by atoms with van der Waals surface area (Å²) >= 11 is 1.39. The summed E-state index contributed by atoms with van der Waals surface area (Å²) < 4.78 is 7.50. The van der Waals surface area contributed by atoms with Gasteiger partial charge in [-0.3, -0.25) is 14.3 Å². The Kier molecular flexibility index (Phi) is 5.13. The van der Waals surface area contributed by atoms with E-state index in [1.54, 1.807) is 24.9 Å². The van der Waals surface area contributed by atoms with Gasteiger partial charge in [-0.05, 0) is 37.3 Å². The molecule has 1 atom stereocenters. The maximum absolute atomic E-state index is 13.2. The van der Waals surface area contributed by atoms with Crippen LogP contribution >= 0.6 is 11.8 Å². The van der Waals surface area contributed by atoms with E-state index in [9.17, 15) is 4.79 Å². The van der Waals surface area contributed by atoms with Crippen molar-refractivity contribution in [2.24, 2.45) is 0 Å². The quantitative estimate of drug-likeness (QED) is 0.294. The normalized spacial score (nSPS) is 12.3. The smallest absolute Gasteiger partial charge is 0.192 e. The summed E-state index contributed by atoms with van der Waals surface area (Å²) in [6, 6.07) is 15.3. The number of fused-ring (bicyclic) bond motifs is 1. The Balaban J connectivity index is 1.47. The molecular formula is C23H19N5O2S. The topological polar surface area (TPSA) is 89.6 Å². The minimum absolute atomic E-state index is 0.0397. The van der Waals surface area contributed by atoms with E-state index in [0.29, 0.717) is 23.1 Å². The zero-order valence-electron chi connectivity index (χ0n) is 16.7. The van der Waals surface area contributed by atoms with Gasteiger partial charge in [-0.1, -0.05) is 30.0 Å². The number of carbonyl (C=O) groups excluding carboxylic acids is 1. The van der Waals surface area contributed by atoms with Crippen molar-refractivity contribution in [2.45, 2.75) is 23.9 Å². The second kappa shape index (κ2) is 8.23. The number of hydrogen-bond donors (Lipinski definition) is 1. The molecule has 0 radical (unpaired) electrons. The molecule has 0 aliphatic rings. The molecule has 0 saturated heterocycles. The lowest BCUT2D eigenvalue weighted by atomic mass is 10.1. The zero-order valence-corrected chi connectivity index (χ0v) is 17.5. The van der Waals surface area contributed by atoms with E-state index in [2.05, 4.69) is 20.2 Å². The second-order valence-electron chi connectivity index (χ2n) is 7.09. The number of aromatic nitrogens is 5. The highest BCUT2D eigenvalue weighted by molar-refractivity contribution is 8.00. The number of nitrogens with zero attached hydrogens (tertiary/aromatic N) is 4. The number of rotatable bonds is 7. The number of furan rings is 1. The van der Waals surface area contributed by atoms with Crippen LogP contribution in [0.15, 0.2) is 83.0 Å². The van der Waals surface area contributed by atoms with E-state index >= 15 is 0 Å². The third-order valence-electron chi connectivity index (χ3n) is 5.04. The van der Waals surface area contributed by atoms with Crippen LogP contribution in [0, 0.1) is 0 Å². The van der Waals surface area contributed by atoms with Crippen LogP contribution < -0.4 is 0 Å². The van der Waals surface area contributed by atoms with Crippen molar-refractivity contribution in [2.75, 3.05) is 0 Å². The molecule has 0 saturated carbocycles. The molecule has 0 fully saturated rings. The molecule has 7 nitrogen and oxygen atoms in total. The van der Waals surface area contributed by atoms with Gasteiger partial charge in [0.2, 0.25) is 0 Å². The van der Waals surface area contributed by atoms with Gasteiger partial charge in [0.15, 0.2) is 16.8 Å². The van der Waals surface area contributed by atoms with E-state index in [4.69, 9.17) is 4.42 Å². The SMILES string of the molecule is CC(Sc1nnc(-c2cccnc2)n1Cc1ccco1)C(=O)c1c[nH]c2ccccc12. The predicted octanol–water partition coefficient (Wildman–Crippen LogP) is 4.83. The molecule has 4 heterocycles. The van der Waals surface area contributed by atoms with Crippen LogP contribution in [0.2, 0.25) is 0 Å². The van der Waals surface area contributed by atoms with Gasteiger partial charge in [0.25, 0.3) is 0 Å². The van der Waals surface area contributed by atoms with E-state index in [1.165, 1.54) is 11.8 Å². The van der Waals surface area contributed by atoms with Gasteiger partial charge in [-0.15, -0.1) is 10.2 Å². The molecule has 0 amide bonds. The number of nitrogens with one attached hydrogen (secondary N) is 1. The maximum Gasteiger partial charge on any atom is 0.192 e. The first-order valence-corrected chi connectivity index (χ1v) is 10.7. The average molecular weight is 430 g/mol. The molecular weight excluding hydrogens is 410 g/mol. The fourth-order valence-electron chi connectivity index (χ4n) is 3.49. The van der Waals surface area contributed by atoms with E-state index < -0.39 is 0 Å². The minimum Gasteiger partial charge on any atom is -0.467 e. The van der Waals surface area contributed by atoms with Crippen molar-refractivity contribution < 1.29 is 9.21 Å². The molecule has 0 spiro atoms. The fourth-order valence-corrected chi connectivity index (χ4v) is 4.41. The summed E-state index contributed by atoms with van der Waals surface area (Å²) in [6.07, 6.45) is 6.88. The van der Waals surface area contributed by atoms with Crippen LogP contribution in [0.4, 0.5) is 0 Å². The number of hydrogen-bond acceptors (Lipinski definition) is 6. The Bertz CT molecular complexity index is 1320. The lowest BCUT2D eigenvalue weighted by Crippen LogP contribution is -2.15. The molecule has 31 heavy (non-hydrogen) atoms. The third kappa shape index (κ3) is 3.77. The summed E-state index contributed by atoms with van der Waals surface area (Å²) in [5, 5.41) is 10.00. The van der Waals surface area contributed by atoms with Gasteiger partial charge in [-0.25, -0.2) is 0 Å². The zero-order chi connectivity index (χ0) is 21.2. The van der Waals surface area contributed by atoms with Crippen LogP contribution in [-0.4, -0.2) is 35.8 Å². The molecule has 1 N–H and O–H groups in total. The van der Waals surface area contributed by atoms with Crippen molar-refractivity contribution in [1.82, 2.24) is 24.7 Å². The predicted molar refractivity (Wildman–Crippen MR) is 119 cm³/mol. The van der Waals surface area contributed by atoms with Crippen LogP contribution in [0.3, 0.4) is 0 Å². The van der Waals surface area contributed by atoms with E-state index in [0.717, 1.165) is 22.2 Å². The molecule has 0 bridgehead atoms. The molecule has 0 aliphatic heterocycles. The van der Waals surface area contributed by atoms with Crippen molar-refractivity contribution >= 4 is 28.4 Å². The Morgan fingerprint density at radius 1 is 1.16 bits per heavy atom. The molecule has 5 aromatic rings. The number of pyridine rings is 1. The second-order valence-corrected chi connectivity index (χ2v) is 8.39. The molecule has 0 aliphatic carbocycles. The van der Waals surface area contributed by atoms with Gasteiger partial charge >= 0.3 is 0 Å². The lowest BCUT2D eigenvalue weighted by Gasteiger charge is -2.12. The van der Waals surface area contributed by atoms with Gasteiger partial charge in [0, 0.05) is 40.6 Å². The largest absolute Gasteiger partial charge is 0.467 e. The first-order chi connectivity index (χ1) is 15.2. The van der Waals surface area contributed by atoms with Crippen LogP contribution in [0.5, 0.6) is 0 Å². The molecule has 4 aromatic heterocycles. The summed E-state index contributed by atoms with van der Waals surface area (Å²) in [7, 11) is 0. The first-order valence-electron chi connectivity index (χ1n) is 9.83. The number of Topliss-reactive ketones (excluding diaryl/α,β-unsaturated/α-hetero) is 1. The van der Waals surface area contributed by atoms with Crippen LogP contribution in [0.1, 0.15) is 23.0 Å². The average Bonchev–Trinajstić information content (AvgIpc) is 3.55. The summed E-state index contributed by atoms with van der Waals surface area (Å²) in [4.78, 5) is 20.6. The number of benzene rings is 1. The summed E-state index contributed by atoms with van der Waals surface area (Å²) in [6.45, 7) is 2.35. The lowest BCUT2D eigenvalue weighted by molar-refractivity contribution is 0.0995. The van der Waals surface area contributed by atoms with Crippen molar-refractivity contribution in [3.8, 4) is 11.4 Å².